The number of benzene rings is 1. The Labute approximate surface area is 114 Å². The van der Waals surface area contributed by atoms with Crippen molar-refractivity contribution in [2.75, 3.05) is 32.1 Å². The fourth-order valence-corrected chi connectivity index (χ4v) is 2.45. The van der Waals surface area contributed by atoms with Crippen molar-refractivity contribution < 1.29 is 14.4 Å². The maximum Gasteiger partial charge on any atom is 0.279 e. The zero-order chi connectivity index (χ0) is 13.7. The largest absolute Gasteiger partial charge is 0.497 e. The molecular weight excluding hydrogens is 240 g/mol. The number of methoxy groups -OCH3 is 1. The van der Waals surface area contributed by atoms with Crippen molar-refractivity contribution in [3.8, 4) is 5.75 Å². The molecule has 0 bridgehead atoms. The first kappa shape index (κ1) is 13.9. The van der Waals surface area contributed by atoms with Gasteiger partial charge < -0.3 is 15.0 Å². The topological polar surface area (TPSA) is 42.8 Å². The minimum Gasteiger partial charge on any atom is -0.497 e. The second-order valence-electron chi connectivity index (χ2n) is 5.39. The van der Waals surface area contributed by atoms with Crippen molar-refractivity contribution in [2.24, 2.45) is 5.92 Å². The number of nitrogens with one attached hydrogen (secondary N) is 2. The van der Waals surface area contributed by atoms with Crippen LogP contribution in [0.5, 0.6) is 5.75 Å². The molecule has 0 radical (unpaired) electrons. The fourth-order valence-electron chi connectivity index (χ4n) is 2.45. The van der Waals surface area contributed by atoms with E-state index in [1.165, 1.54) is 17.7 Å². The summed E-state index contributed by atoms with van der Waals surface area (Å²) in [5.41, 5.74) is 0.829. The van der Waals surface area contributed by atoms with E-state index in [1.54, 1.807) is 7.11 Å². The van der Waals surface area contributed by atoms with Gasteiger partial charge in [-0.25, -0.2) is 0 Å². The van der Waals surface area contributed by atoms with Crippen LogP contribution in [0.1, 0.15) is 19.8 Å². The summed E-state index contributed by atoms with van der Waals surface area (Å²) < 4.78 is 5.09. The number of hydrogen-bond donors (Lipinski definition) is 2. The van der Waals surface area contributed by atoms with Gasteiger partial charge in [0.2, 0.25) is 0 Å². The summed E-state index contributed by atoms with van der Waals surface area (Å²) >= 11 is 0. The van der Waals surface area contributed by atoms with Crippen molar-refractivity contribution in [2.45, 2.75) is 19.8 Å². The Morgan fingerprint density at radius 3 is 2.53 bits per heavy atom. The molecule has 0 aromatic heterocycles. The summed E-state index contributed by atoms with van der Waals surface area (Å²) in [6, 6.07) is 7.44. The van der Waals surface area contributed by atoms with Crippen LogP contribution in [0.4, 0.5) is 5.69 Å². The van der Waals surface area contributed by atoms with E-state index in [9.17, 15) is 4.79 Å². The predicted molar refractivity (Wildman–Crippen MR) is 75.6 cm³/mol. The molecule has 4 nitrogen and oxygen atoms in total. The standard InChI is InChI=1S/C15H22N2O2/c1-12-7-9-17(10-8-12)11-15(18)16-13-3-5-14(19-2)6-4-13/h3-6,12H,7-11H2,1-2H3,(H,16,18)/p+1. The van der Waals surface area contributed by atoms with E-state index in [0.29, 0.717) is 6.54 Å². The molecule has 104 valence electrons. The third kappa shape index (κ3) is 4.24. The van der Waals surface area contributed by atoms with Crippen molar-refractivity contribution in [1.29, 1.82) is 0 Å². The molecule has 0 aliphatic carbocycles. The molecule has 1 aromatic carbocycles. The molecule has 1 saturated heterocycles. The van der Waals surface area contributed by atoms with Crippen LogP contribution in [-0.4, -0.2) is 32.7 Å². The highest BCUT2D eigenvalue weighted by atomic mass is 16.5. The van der Waals surface area contributed by atoms with E-state index in [4.69, 9.17) is 4.74 Å². The molecule has 19 heavy (non-hydrogen) atoms. The third-order valence-electron chi connectivity index (χ3n) is 3.77. The molecule has 0 unspecified atom stereocenters. The third-order valence-corrected chi connectivity index (χ3v) is 3.77. The summed E-state index contributed by atoms with van der Waals surface area (Å²) in [5, 5.41) is 2.94. The van der Waals surface area contributed by atoms with Crippen LogP contribution in [0.2, 0.25) is 0 Å². The number of piperidine rings is 1. The van der Waals surface area contributed by atoms with Gasteiger partial charge in [-0.15, -0.1) is 0 Å². The summed E-state index contributed by atoms with van der Waals surface area (Å²) in [5.74, 6) is 1.71. The Kier molecular flexibility index (Phi) is 4.80. The lowest BCUT2D eigenvalue weighted by Crippen LogP contribution is -3.14. The number of ether oxygens (including phenoxy) is 1. The molecule has 4 heteroatoms. The second kappa shape index (κ2) is 6.57. The van der Waals surface area contributed by atoms with Gasteiger partial charge in [0.25, 0.3) is 5.91 Å². The average molecular weight is 263 g/mol. The molecule has 1 heterocycles. The lowest BCUT2D eigenvalue weighted by atomic mass is 9.99. The summed E-state index contributed by atoms with van der Waals surface area (Å²) in [6.07, 6.45) is 2.45. The summed E-state index contributed by atoms with van der Waals surface area (Å²) in [4.78, 5) is 13.3. The Morgan fingerprint density at radius 2 is 1.95 bits per heavy atom. The van der Waals surface area contributed by atoms with Gasteiger partial charge in [-0.05, 0) is 43.0 Å². The van der Waals surface area contributed by atoms with Crippen molar-refractivity contribution in [3.63, 3.8) is 0 Å². The van der Waals surface area contributed by atoms with Gasteiger partial charge in [-0.1, -0.05) is 6.92 Å². The van der Waals surface area contributed by atoms with Crippen LogP contribution in [0.3, 0.4) is 0 Å². The average Bonchev–Trinajstić information content (AvgIpc) is 2.42. The molecule has 1 aliphatic rings. The normalized spacial score (nSPS) is 22.8. The molecule has 2 rings (SSSR count). The number of anilines is 1. The van der Waals surface area contributed by atoms with E-state index in [1.807, 2.05) is 24.3 Å². The lowest BCUT2D eigenvalue weighted by molar-refractivity contribution is -0.897. The van der Waals surface area contributed by atoms with Crippen molar-refractivity contribution in [1.82, 2.24) is 0 Å². The van der Waals surface area contributed by atoms with Crippen LogP contribution in [-0.2, 0) is 4.79 Å². The van der Waals surface area contributed by atoms with Crippen molar-refractivity contribution >= 4 is 11.6 Å². The first-order valence-corrected chi connectivity index (χ1v) is 6.95. The van der Waals surface area contributed by atoms with Gasteiger partial charge in [0.15, 0.2) is 6.54 Å². The van der Waals surface area contributed by atoms with E-state index >= 15 is 0 Å². The Morgan fingerprint density at radius 1 is 1.32 bits per heavy atom. The predicted octanol–water partition coefficient (Wildman–Crippen LogP) is 0.948. The number of hydrogen-bond acceptors (Lipinski definition) is 2. The molecule has 0 atom stereocenters. The van der Waals surface area contributed by atoms with E-state index < -0.39 is 0 Å². The number of rotatable bonds is 4. The SMILES string of the molecule is COc1ccc(NC(=O)C[NH+]2CCC(C)CC2)cc1. The van der Waals surface area contributed by atoms with Gasteiger partial charge in [-0.3, -0.25) is 4.79 Å². The number of carbonyl (C=O) groups is 1. The van der Waals surface area contributed by atoms with Gasteiger partial charge in [0.1, 0.15) is 5.75 Å². The first-order chi connectivity index (χ1) is 9.17. The van der Waals surface area contributed by atoms with E-state index in [0.717, 1.165) is 30.4 Å². The highest BCUT2D eigenvalue weighted by molar-refractivity contribution is 5.91. The Hall–Kier alpha value is -1.55. The second-order valence-corrected chi connectivity index (χ2v) is 5.39. The van der Waals surface area contributed by atoms with Gasteiger partial charge >= 0.3 is 0 Å². The number of quaternary nitrogens is 1. The van der Waals surface area contributed by atoms with Crippen LogP contribution < -0.4 is 15.0 Å². The lowest BCUT2D eigenvalue weighted by Gasteiger charge is -2.26. The molecule has 0 saturated carbocycles. The number of likely N-dealkylation sites (tertiary alicyclic amines) is 1. The highest BCUT2D eigenvalue weighted by Gasteiger charge is 2.21. The van der Waals surface area contributed by atoms with Crippen LogP contribution >= 0.6 is 0 Å². The van der Waals surface area contributed by atoms with Gasteiger partial charge in [0, 0.05) is 5.69 Å². The minimum absolute atomic E-state index is 0.0923. The fraction of sp³-hybridized carbons (Fsp3) is 0.533. The molecule has 1 fully saturated rings. The van der Waals surface area contributed by atoms with Gasteiger partial charge in [0.05, 0.1) is 20.2 Å². The number of amides is 1. The summed E-state index contributed by atoms with van der Waals surface area (Å²) in [7, 11) is 1.63. The molecule has 1 amide bonds. The quantitative estimate of drug-likeness (QED) is 0.849. The first-order valence-electron chi connectivity index (χ1n) is 6.95. The number of carbonyl (C=O) groups excluding carboxylic acids is 1. The highest BCUT2D eigenvalue weighted by Crippen LogP contribution is 2.14. The summed E-state index contributed by atoms with van der Waals surface area (Å²) in [6.45, 7) is 5.07. The Bertz CT molecular complexity index is 409. The van der Waals surface area contributed by atoms with Crippen molar-refractivity contribution in [3.05, 3.63) is 24.3 Å². The Balaban J connectivity index is 1.80. The van der Waals surface area contributed by atoms with Crippen LogP contribution in [0.25, 0.3) is 0 Å². The monoisotopic (exact) mass is 263 g/mol. The molecular formula is C15H23N2O2+. The van der Waals surface area contributed by atoms with E-state index in [-0.39, 0.29) is 5.91 Å². The van der Waals surface area contributed by atoms with Crippen LogP contribution in [0, 0.1) is 5.92 Å². The molecule has 0 spiro atoms. The maximum absolute atomic E-state index is 12.0. The van der Waals surface area contributed by atoms with Crippen LogP contribution in [0.15, 0.2) is 24.3 Å². The minimum atomic E-state index is 0.0923. The maximum atomic E-state index is 12.0. The molecule has 1 aromatic rings. The molecule has 1 aliphatic heterocycles. The van der Waals surface area contributed by atoms with Gasteiger partial charge in [-0.2, -0.15) is 0 Å². The molecule has 2 N–H and O–H groups in total. The zero-order valence-electron chi connectivity index (χ0n) is 11.7. The zero-order valence-corrected chi connectivity index (χ0v) is 11.7. The smallest absolute Gasteiger partial charge is 0.279 e. The van der Waals surface area contributed by atoms with E-state index in [2.05, 4.69) is 12.2 Å².